The molecule has 364 valence electrons. The van der Waals surface area contributed by atoms with Crippen LogP contribution in [0.15, 0.2) is 87.7 Å². The second kappa shape index (κ2) is 24.9. The summed E-state index contributed by atoms with van der Waals surface area (Å²) in [6.07, 6.45) is 3.24. The predicted molar refractivity (Wildman–Crippen MR) is 265 cm³/mol. The number of aldehydes is 1. The first-order valence-electron chi connectivity index (χ1n) is 22.8. The van der Waals surface area contributed by atoms with Crippen LogP contribution >= 0.6 is 11.6 Å². The van der Waals surface area contributed by atoms with Gasteiger partial charge in [0, 0.05) is 42.0 Å². The molecule has 1 amide bonds. The van der Waals surface area contributed by atoms with E-state index in [0.717, 1.165) is 52.9 Å². The largest absolute Gasteiger partial charge is 0.491 e. The van der Waals surface area contributed by atoms with Crippen LogP contribution in [0.3, 0.4) is 0 Å². The second-order valence-electron chi connectivity index (χ2n) is 16.9. The molecule has 5 aromatic rings. The summed E-state index contributed by atoms with van der Waals surface area (Å²) in [5.74, 6) is 0.351. The Balaban J connectivity index is 0.879. The van der Waals surface area contributed by atoms with Crippen molar-refractivity contribution in [3.8, 4) is 22.8 Å². The minimum Gasteiger partial charge on any atom is -0.491 e. The van der Waals surface area contributed by atoms with Crippen LogP contribution in [0, 0.1) is 6.92 Å². The molecule has 0 aliphatic carbocycles. The molecular formula is C52H58BClN2O13. The maximum atomic E-state index is 13.3. The number of fused-ring (bicyclic) bond motifs is 3. The van der Waals surface area contributed by atoms with Gasteiger partial charge in [0.05, 0.1) is 61.7 Å². The lowest BCUT2D eigenvalue weighted by atomic mass is 9.77. The third kappa shape index (κ3) is 14.2. The minimum atomic E-state index is -1.54. The highest BCUT2D eigenvalue weighted by molar-refractivity contribution is 6.58. The number of carbonyl (C=O) groups excluding carboxylic acids is 4. The normalized spacial score (nSPS) is 12.4. The maximum Gasteiger partial charge on any atom is 0.488 e. The molecule has 0 saturated heterocycles. The Morgan fingerprint density at radius 1 is 0.826 bits per heavy atom. The molecule has 0 saturated carbocycles. The molecule has 69 heavy (non-hydrogen) atoms. The Labute approximate surface area is 406 Å². The molecule has 0 fully saturated rings. The van der Waals surface area contributed by atoms with Gasteiger partial charge >= 0.3 is 7.12 Å². The van der Waals surface area contributed by atoms with Crippen LogP contribution in [0.2, 0.25) is 5.02 Å². The van der Waals surface area contributed by atoms with Crippen molar-refractivity contribution in [2.45, 2.75) is 65.8 Å². The number of aryl methyl sites for hydroxylation is 2. The standard InChI is InChI=1S/C52H58BClN2O13/c1-32-23-46-49(60)30-51(69-50(46)26-36(32)7-6-8-43-34(3)55-40-25-38(43)24-39(27-40)53(62)63)44-13-12-42(29-47(44)54)68-22-20-66-18-16-64-15-17-65-19-21-67-41-11-10-37(31-57)45(28-41)52(61)56(5)48(35(4)59)14-9-33(2)58/h10-13,23-31,48,55,62-63H,6-9,14-22H2,1-5H3. The highest BCUT2D eigenvalue weighted by Crippen LogP contribution is 2.34. The summed E-state index contributed by atoms with van der Waals surface area (Å²) >= 11 is 6.69. The molecule has 1 aliphatic heterocycles. The number of nitrogens with zero attached hydrogens (tertiary/aromatic N) is 1. The van der Waals surface area contributed by atoms with E-state index in [1.54, 1.807) is 30.3 Å². The molecule has 6 rings (SSSR count). The fraction of sp³-hybridized carbons (Fsp3) is 0.365. The van der Waals surface area contributed by atoms with E-state index in [-0.39, 0.29) is 60.8 Å². The van der Waals surface area contributed by atoms with Gasteiger partial charge in [-0.05, 0) is 142 Å². The molecule has 1 aliphatic rings. The molecule has 3 N–H and O–H groups in total. The molecular weight excluding hydrogens is 907 g/mol. The number of Topliss-reactive ketones (excluding diaryl/α,β-unsaturated/α-hetero) is 2. The van der Waals surface area contributed by atoms with E-state index >= 15 is 0 Å². The molecule has 2 bridgehead atoms. The van der Waals surface area contributed by atoms with Gasteiger partial charge in [-0.2, -0.15) is 0 Å². The third-order valence-corrected chi connectivity index (χ3v) is 12.1. The summed E-state index contributed by atoms with van der Waals surface area (Å²) in [5, 5.41) is 23.6. The first-order valence-corrected chi connectivity index (χ1v) is 23.2. The number of rotatable bonds is 27. The average molecular weight is 965 g/mol. The van der Waals surface area contributed by atoms with Gasteiger partial charge in [-0.25, -0.2) is 0 Å². The van der Waals surface area contributed by atoms with Gasteiger partial charge < -0.3 is 53.2 Å². The van der Waals surface area contributed by atoms with Crippen LogP contribution in [0.4, 0.5) is 5.69 Å². The number of halogens is 1. The van der Waals surface area contributed by atoms with Gasteiger partial charge in [-0.3, -0.25) is 19.2 Å². The summed E-state index contributed by atoms with van der Waals surface area (Å²) in [6, 6.07) is 19.7. The van der Waals surface area contributed by atoms with Crippen molar-refractivity contribution in [1.29, 1.82) is 0 Å². The van der Waals surface area contributed by atoms with Crippen molar-refractivity contribution in [2.24, 2.45) is 0 Å². The number of amides is 1. The SMILES string of the molecule is CC(=O)CCC(C(C)=O)N(C)C(=O)c1cc(OCCOCCOCCOCCOc2ccc(-c3cc(=O)c4cc(C)c(CCCC5=C(C)Nc6cc(B(O)O)cc5c6)cc4o3)c(Cl)c2)ccc1C=O. The number of ketones is 2. The van der Waals surface area contributed by atoms with E-state index in [9.17, 15) is 34.0 Å². The summed E-state index contributed by atoms with van der Waals surface area (Å²) in [6.45, 7) is 9.11. The van der Waals surface area contributed by atoms with Crippen molar-refractivity contribution >= 4 is 70.2 Å². The Morgan fingerprint density at radius 2 is 1.48 bits per heavy atom. The lowest BCUT2D eigenvalue weighted by Gasteiger charge is -2.26. The smallest absolute Gasteiger partial charge is 0.488 e. The molecule has 17 heteroatoms. The number of carbonyl (C=O) groups is 4. The second-order valence-corrected chi connectivity index (χ2v) is 17.3. The van der Waals surface area contributed by atoms with Crippen molar-refractivity contribution in [1.82, 2.24) is 4.90 Å². The van der Waals surface area contributed by atoms with Gasteiger partial charge in [0.2, 0.25) is 0 Å². The number of allylic oxidation sites excluding steroid dienone is 2. The Morgan fingerprint density at radius 3 is 2.10 bits per heavy atom. The lowest BCUT2D eigenvalue weighted by molar-refractivity contribution is -0.122. The average Bonchev–Trinajstić information content (AvgIpc) is 3.31. The molecule has 0 spiro atoms. The summed E-state index contributed by atoms with van der Waals surface area (Å²) in [5.41, 5.74) is 7.54. The van der Waals surface area contributed by atoms with E-state index in [2.05, 4.69) is 5.32 Å². The van der Waals surface area contributed by atoms with Crippen LogP contribution in [0.25, 0.3) is 27.9 Å². The van der Waals surface area contributed by atoms with Crippen LogP contribution in [-0.2, 0) is 30.2 Å². The van der Waals surface area contributed by atoms with Crippen LogP contribution in [-0.4, -0.2) is 112 Å². The van der Waals surface area contributed by atoms with Gasteiger partial charge in [0.15, 0.2) is 17.5 Å². The van der Waals surface area contributed by atoms with E-state index < -0.39 is 19.1 Å². The van der Waals surface area contributed by atoms with Crippen LogP contribution < -0.4 is 25.7 Å². The Hall–Kier alpha value is -6.14. The predicted octanol–water partition coefficient (Wildman–Crippen LogP) is 7.00. The van der Waals surface area contributed by atoms with Gasteiger partial charge in [-0.15, -0.1) is 0 Å². The molecule has 1 unspecified atom stereocenters. The molecule has 1 atom stereocenters. The first kappa shape index (κ1) is 52.2. The summed E-state index contributed by atoms with van der Waals surface area (Å²) in [4.78, 5) is 63.2. The van der Waals surface area contributed by atoms with Crippen molar-refractivity contribution < 1.29 is 57.3 Å². The Kier molecular flexibility index (Phi) is 18.9. The van der Waals surface area contributed by atoms with E-state index in [1.165, 1.54) is 44.0 Å². The zero-order valence-electron chi connectivity index (χ0n) is 39.6. The van der Waals surface area contributed by atoms with Gasteiger partial charge in [-0.1, -0.05) is 17.7 Å². The highest BCUT2D eigenvalue weighted by atomic mass is 35.5. The molecule has 1 aromatic heterocycles. The van der Waals surface area contributed by atoms with E-state index in [0.29, 0.717) is 83.6 Å². The van der Waals surface area contributed by atoms with Gasteiger partial charge in [0.1, 0.15) is 41.8 Å². The van der Waals surface area contributed by atoms with E-state index in [4.69, 9.17) is 39.7 Å². The van der Waals surface area contributed by atoms with Crippen LogP contribution in [0.5, 0.6) is 11.5 Å². The third-order valence-electron chi connectivity index (χ3n) is 11.8. The number of ether oxygens (including phenoxy) is 5. The Bertz CT molecular complexity index is 2750. The monoisotopic (exact) mass is 964 g/mol. The van der Waals surface area contributed by atoms with Crippen molar-refractivity contribution in [2.75, 3.05) is 65.2 Å². The quantitative estimate of drug-likeness (QED) is 0.0276. The van der Waals surface area contributed by atoms with E-state index in [1.807, 2.05) is 38.1 Å². The number of anilines is 1. The fourth-order valence-corrected chi connectivity index (χ4v) is 8.38. The molecule has 0 radical (unpaired) electrons. The number of nitrogens with one attached hydrogen (secondary N) is 1. The topological polar surface area (TPSA) is 200 Å². The molecule has 15 nitrogen and oxygen atoms in total. The number of benzene rings is 4. The molecule has 4 aromatic carbocycles. The van der Waals surface area contributed by atoms with Crippen molar-refractivity contribution in [3.05, 3.63) is 122 Å². The summed E-state index contributed by atoms with van der Waals surface area (Å²) < 4.78 is 34.7. The zero-order chi connectivity index (χ0) is 49.6. The molecule has 2 heterocycles. The first-order chi connectivity index (χ1) is 33.1. The van der Waals surface area contributed by atoms with Gasteiger partial charge in [0.25, 0.3) is 5.91 Å². The lowest BCUT2D eigenvalue weighted by Crippen LogP contribution is -2.42. The maximum absolute atomic E-state index is 13.3. The zero-order valence-corrected chi connectivity index (χ0v) is 40.3. The fourth-order valence-electron chi connectivity index (χ4n) is 8.12. The minimum absolute atomic E-state index is 0.0884. The number of likely N-dealkylation sites (N-methyl/N-ethyl adjacent to an activating group) is 1. The number of hydrogen-bond donors (Lipinski definition) is 3. The highest BCUT2D eigenvalue weighted by Gasteiger charge is 2.27. The van der Waals surface area contributed by atoms with Crippen LogP contribution in [0.1, 0.15) is 83.9 Å². The van der Waals surface area contributed by atoms with Crippen molar-refractivity contribution in [3.63, 3.8) is 0 Å². The number of hydrogen-bond acceptors (Lipinski definition) is 14. The summed E-state index contributed by atoms with van der Waals surface area (Å²) in [7, 11) is -0.0706.